The first-order chi connectivity index (χ1) is 12.0. The van der Waals surface area contributed by atoms with Gasteiger partial charge in [0.25, 0.3) is 0 Å². The van der Waals surface area contributed by atoms with Gasteiger partial charge in [0.15, 0.2) is 11.5 Å². The molecular weight excluding hydrogens is 386 g/mol. The summed E-state index contributed by atoms with van der Waals surface area (Å²) in [5.41, 5.74) is -2.01. The molecule has 0 fully saturated rings. The van der Waals surface area contributed by atoms with E-state index in [9.17, 15) is 19.1 Å². The number of amides is 1. The number of anilines is 1. The van der Waals surface area contributed by atoms with Crippen LogP contribution in [0, 0.1) is 5.82 Å². The van der Waals surface area contributed by atoms with Gasteiger partial charge >= 0.3 is 12.1 Å². The van der Waals surface area contributed by atoms with Crippen molar-refractivity contribution in [2.24, 2.45) is 0 Å². The lowest BCUT2D eigenvalue weighted by molar-refractivity contribution is 0.0631. The Labute approximate surface area is 158 Å². The highest BCUT2D eigenvalue weighted by molar-refractivity contribution is 6.36. The number of rotatable bonds is 3. The third kappa shape index (κ3) is 4.62. The molecule has 9 heteroatoms. The van der Waals surface area contributed by atoms with Crippen LogP contribution >= 0.6 is 23.2 Å². The Kier molecular flexibility index (Phi) is 5.73. The molecule has 1 aromatic heterocycles. The fourth-order valence-corrected chi connectivity index (χ4v) is 2.38. The first-order valence-electron chi connectivity index (χ1n) is 7.38. The number of ether oxygens (including phenoxy) is 1. The monoisotopic (exact) mass is 400 g/mol. The van der Waals surface area contributed by atoms with Crippen LogP contribution in [0.25, 0.3) is 11.3 Å². The van der Waals surface area contributed by atoms with Gasteiger partial charge in [-0.25, -0.2) is 19.0 Å². The number of benzene rings is 1. The van der Waals surface area contributed by atoms with Crippen LogP contribution in [0.3, 0.4) is 0 Å². The molecule has 0 saturated carbocycles. The van der Waals surface area contributed by atoms with E-state index in [2.05, 4.69) is 10.3 Å². The Morgan fingerprint density at radius 3 is 2.27 bits per heavy atom. The fraction of sp³-hybridized carbons (Fsp3) is 0.235. The van der Waals surface area contributed by atoms with E-state index in [1.807, 2.05) is 0 Å². The lowest BCUT2D eigenvalue weighted by Crippen LogP contribution is -2.28. The van der Waals surface area contributed by atoms with E-state index in [0.29, 0.717) is 5.02 Å². The molecule has 26 heavy (non-hydrogen) atoms. The summed E-state index contributed by atoms with van der Waals surface area (Å²) in [6, 6.07) is 5.91. The zero-order chi connectivity index (χ0) is 19.6. The number of aromatic carboxylic acids is 1. The molecule has 0 spiro atoms. The summed E-state index contributed by atoms with van der Waals surface area (Å²) in [5.74, 6) is -2.47. The number of carboxylic acid groups (broad SMARTS) is 1. The minimum Gasteiger partial charge on any atom is -0.476 e. The van der Waals surface area contributed by atoms with Crippen LogP contribution in [0.4, 0.5) is 14.9 Å². The number of aromatic nitrogens is 1. The Balaban J connectivity index is 2.58. The van der Waals surface area contributed by atoms with E-state index in [-0.39, 0.29) is 11.3 Å². The maximum absolute atomic E-state index is 14.9. The molecule has 0 bridgehead atoms. The number of nitrogens with one attached hydrogen (secondary N) is 1. The van der Waals surface area contributed by atoms with Gasteiger partial charge in [0.1, 0.15) is 22.0 Å². The molecule has 0 aliphatic carbocycles. The molecule has 0 aliphatic rings. The van der Waals surface area contributed by atoms with Gasteiger partial charge in [-0.05, 0) is 32.9 Å². The predicted octanol–water partition coefficient (Wildman–Crippen LogP) is 5.24. The first kappa shape index (κ1) is 19.9. The Morgan fingerprint density at radius 2 is 1.77 bits per heavy atom. The van der Waals surface area contributed by atoms with Crippen LogP contribution in [-0.2, 0) is 4.74 Å². The van der Waals surface area contributed by atoms with Crippen molar-refractivity contribution in [1.29, 1.82) is 0 Å². The fourth-order valence-electron chi connectivity index (χ4n) is 2.00. The van der Waals surface area contributed by atoms with Crippen molar-refractivity contribution < 1.29 is 23.8 Å². The molecule has 2 N–H and O–H groups in total. The normalized spacial score (nSPS) is 11.2. The molecule has 6 nitrogen and oxygen atoms in total. The number of carboxylic acids is 1. The van der Waals surface area contributed by atoms with Gasteiger partial charge in [0, 0.05) is 10.6 Å². The largest absolute Gasteiger partial charge is 0.476 e. The molecular formula is C17H15Cl2FN2O4. The van der Waals surface area contributed by atoms with E-state index in [1.165, 1.54) is 24.3 Å². The minimum absolute atomic E-state index is 0.262. The highest BCUT2D eigenvalue weighted by atomic mass is 35.5. The van der Waals surface area contributed by atoms with E-state index < -0.39 is 39.9 Å². The second-order valence-electron chi connectivity index (χ2n) is 6.25. The lowest BCUT2D eigenvalue weighted by atomic mass is 10.1. The van der Waals surface area contributed by atoms with Gasteiger partial charge in [-0.3, -0.25) is 5.32 Å². The second kappa shape index (κ2) is 7.47. The predicted molar refractivity (Wildman–Crippen MR) is 96.5 cm³/mol. The lowest BCUT2D eigenvalue weighted by Gasteiger charge is -2.20. The first-order valence-corrected chi connectivity index (χ1v) is 8.13. The van der Waals surface area contributed by atoms with Crippen LogP contribution in [0.15, 0.2) is 24.3 Å². The highest BCUT2D eigenvalue weighted by Crippen LogP contribution is 2.35. The van der Waals surface area contributed by atoms with Crippen molar-refractivity contribution in [3.05, 3.63) is 45.8 Å². The van der Waals surface area contributed by atoms with Crippen molar-refractivity contribution >= 4 is 41.0 Å². The van der Waals surface area contributed by atoms with Crippen molar-refractivity contribution in [3.8, 4) is 11.3 Å². The summed E-state index contributed by atoms with van der Waals surface area (Å²) < 4.78 is 20.0. The SMILES string of the molecule is CC(C)(C)OC(=O)Nc1c(F)c(-c2ccc(Cl)cc2)nc(C(=O)O)c1Cl. The number of hydrogen-bond donors (Lipinski definition) is 2. The van der Waals surface area contributed by atoms with E-state index in [1.54, 1.807) is 20.8 Å². The van der Waals surface area contributed by atoms with Crippen molar-refractivity contribution in [2.75, 3.05) is 5.32 Å². The molecule has 2 rings (SSSR count). The Bertz CT molecular complexity index is 865. The van der Waals surface area contributed by atoms with E-state index in [0.717, 1.165) is 0 Å². The number of pyridine rings is 1. The van der Waals surface area contributed by atoms with Gasteiger partial charge in [-0.15, -0.1) is 0 Å². The van der Waals surface area contributed by atoms with Gasteiger partial charge in [-0.2, -0.15) is 0 Å². The summed E-state index contributed by atoms with van der Waals surface area (Å²) in [5, 5.41) is 11.3. The number of carbonyl (C=O) groups is 2. The molecule has 138 valence electrons. The maximum atomic E-state index is 14.9. The van der Waals surface area contributed by atoms with Crippen LogP contribution in [-0.4, -0.2) is 27.8 Å². The van der Waals surface area contributed by atoms with Gasteiger partial charge < -0.3 is 9.84 Å². The zero-order valence-corrected chi connectivity index (χ0v) is 15.6. The summed E-state index contributed by atoms with van der Waals surface area (Å²) in [6.07, 6.45) is -0.983. The number of carbonyl (C=O) groups excluding carboxylic acids is 1. The smallest absolute Gasteiger partial charge is 0.412 e. The van der Waals surface area contributed by atoms with Crippen LogP contribution in [0.1, 0.15) is 31.3 Å². The number of hydrogen-bond acceptors (Lipinski definition) is 4. The average Bonchev–Trinajstić information content (AvgIpc) is 2.50. The molecule has 0 unspecified atom stereocenters. The van der Waals surface area contributed by atoms with Crippen molar-refractivity contribution in [1.82, 2.24) is 4.98 Å². The minimum atomic E-state index is -1.47. The highest BCUT2D eigenvalue weighted by Gasteiger charge is 2.26. The van der Waals surface area contributed by atoms with Gasteiger partial charge in [0.05, 0.1) is 0 Å². The summed E-state index contributed by atoms with van der Waals surface area (Å²) in [7, 11) is 0. The summed E-state index contributed by atoms with van der Waals surface area (Å²) >= 11 is 11.7. The molecule has 0 radical (unpaired) electrons. The Hall–Kier alpha value is -2.38. The van der Waals surface area contributed by atoms with Crippen LogP contribution < -0.4 is 5.32 Å². The molecule has 0 atom stereocenters. The quantitative estimate of drug-likeness (QED) is 0.735. The second-order valence-corrected chi connectivity index (χ2v) is 7.07. The zero-order valence-electron chi connectivity index (χ0n) is 14.1. The summed E-state index contributed by atoms with van der Waals surface area (Å²) in [4.78, 5) is 27.1. The molecule has 0 aliphatic heterocycles. The van der Waals surface area contributed by atoms with Gasteiger partial charge in [-0.1, -0.05) is 35.3 Å². The molecule has 1 amide bonds. The third-order valence-corrected chi connectivity index (χ3v) is 3.64. The Morgan fingerprint density at radius 1 is 1.19 bits per heavy atom. The molecule has 2 aromatic rings. The molecule has 1 aromatic carbocycles. The van der Waals surface area contributed by atoms with E-state index >= 15 is 0 Å². The average molecular weight is 401 g/mol. The number of halogens is 3. The topological polar surface area (TPSA) is 88.5 Å². The van der Waals surface area contributed by atoms with Crippen LogP contribution in [0.5, 0.6) is 0 Å². The van der Waals surface area contributed by atoms with Crippen molar-refractivity contribution in [3.63, 3.8) is 0 Å². The van der Waals surface area contributed by atoms with Crippen molar-refractivity contribution in [2.45, 2.75) is 26.4 Å². The van der Waals surface area contributed by atoms with Gasteiger partial charge in [0.2, 0.25) is 0 Å². The molecule has 0 saturated heterocycles. The van der Waals surface area contributed by atoms with Crippen LogP contribution in [0.2, 0.25) is 10.0 Å². The number of nitrogens with zero attached hydrogens (tertiary/aromatic N) is 1. The van der Waals surface area contributed by atoms with E-state index in [4.69, 9.17) is 27.9 Å². The third-order valence-electron chi connectivity index (χ3n) is 3.02. The molecule has 1 heterocycles. The maximum Gasteiger partial charge on any atom is 0.412 e. The summed E-state index contributed by atoms with van der Waals surface area (Å²) in [6.45, 7) is 4.87. The standard InChI is InChI=1S/C17H15Cl2FN2O4/c1-17(2,3)26-16(25)22-13-10(19)14(15(23)24)21-12(11(13)20)8-4-6-9(18)7-5-8/h4-7H,1-3H3,(H,23,24)(H,21,22,25).